The lowest BCUT2D eigenvalue weighted by Crippen LogP contribution is -2.30. The molecule has 154 valence electrons. The van der Waals surface area contributed by atoms with Gasteiger partial charge in [-0.1, -0.05) is 6.07 Å². The van der Waals surface area contributed by atoms with Gasteiger partial charge in [-0.05, 0) is 62.6 Å². The molecule has 0 aliphatic carbocycles. The van der Waals surface area contributed by atoms with E-state index >= 15 is 0 Å². The van der Waals surface area contributed by atoms with E-state index in [1.807, 2.05) is 55.0 Å². The van der Waals surface area contributed by atoms with Crippen molar-refractivity contribution in [2.24, 2.45) is 0 Å². The van der Waals surface area contributed by atoms with E-state index in [1.54, 1.807) is 34.8 Å². The highest BCUT2D eigenvalue weighted by atomic mass is 32.2. The number of nitrogens with zero attached hydrogens (tertiary/aromatic N) is 6. The Bertz CT molecular complexity index is 1170. The van der Waals surface area contributed by atoms with E-state index in [4.69, 9.17) is 0 Å². The van der Waals surface area contributed by atoms with E-state index in [1.165, 1.54) is 0 Å². The Morgan fingerprint density at radius 3 is 2.77 bits per heavy atom. The van der Waals surface area contributed by atoms with Gasteiger partial charge in [0.05, 0.1) is 17.3 Å². The van der Waals surface area contributed by atoms with Crippen molar-refractivity contribution in [1.82, 2.24) is 34.7 Å². The van der Waals surface area contributed by atoms with Gasteiger partial charge in [-0.3, -0.25) is 9.20 Å². The van der Waals surface area contributed by atoms with Crippen molar-refractivity contribution < 1.29 is 4.79 Å². The molecule has 4 rings (SSSR count). The van der Waals surface area contributed by atoms with E-state index < -0.39 is 0 Å². The summed E-state index contributed by atoms with van der Waals surface area (Å²) in [6.07, 6.45) is 6.28. The van der Waals surface area contributed by atoms with E-state index in [0.717, 1.165) is 35.0 Å². The van der Waals surface area contributed by atoms with Gasteiger partial charge in [0.25, 0.3) is 5.91 Å². The summed E-state index contributed by atoms with van der Waals surface area (Å²) in [4.78, 5) is 17.4. The largest absolute Gasteiger partial charge is 0.342 e. The maximum Gasteiger partial charge on any atom is 0.253 e. The second-order valence-electron chi connectivity index (χ2n) is 7.04. The third kappa shape index (κ3) is 4.06. The Kier molecular flexibility index (Phi) is 5.80. The number of hydrogen-bond acceptors (Lipinski definition) is 6. The molecule has 1 atom stereocenters. The van der Waals surface area contributed by atoms with Crippen LogP contribution in [-0.2, 0) is 0 Å². The molecule has 8 nitrogen and oxygen atoms in total. The Labute approximate surface area is 178 Å². The van der Waals surface area contributed by atoms with Gasteiger partial charge in [-0.2, -0.15) is 16.9 Å². The predicted molar refractivity (Wildman–Crippen MR) is 117 cm³/mol. The van der Waals surface area contributed by atoms with Crippen LogP contribution in [0.2, 0.25) is 0 Å². The zero-order chi connectivity index (χ0) is 21.1. The highest BCUT2D eigenvalue weighted by molar-refractivity contribution is 7.98. The molecule has 1 N–H and O–H groups in total. The minimum atomic E-state index is -0.252. The molecule has 0 saturated heterocycles. The molecule has 0 bridgehead atoms. The first-order valence-corrected chi connectivity index (χ1v) is 11.1. The van der Waals surface area contributed by atoms with Crippen molar-refractivity contribution in [2.45, 2.75) is 26.3 Å². The van der Waals surface area contributed by atoms with E-state index in [0.29, 0.717) is 11.4 Å². The van der Waals surface area contributed by atoms with Crippen LogP contribution >= 0.6 is 11.8 Å². The van der Waals surface area contributed by atoms with Crippen LogP contribution in [0.15, 0.2) is 48.8 Å². The number of aryl methyl sites for hydroxylation is 2. The molecule has 1 unspecified atom stereocenters. The number of fused-ring (bicyclic) bond motifs is 1. The second kappa shape index (κ2) is 8.66. The molecule has 0 aliphatic heterocycles. The first-order chi connectivity index (χ1) is 14.6. The minimum Gasteiger partial charge on any atom is -0.342 e. The van der Waals surface area contributed by atoms with Crippen molar-refractivity contribution in [2.75, 3.05) is 12.0 Å². The molecule has 4 aromatic heterocycles. The monoisotopic (exact) mass is 421 g/mol. The number of pyridine rings is 2. The number of carbonyl (C=O) groups is 1. The molecular weight excluding hydrogens is 398 g/mol. The van der Waals surface area contributed by atoms with Crippen molar-refractivity contribution in [1.29, 1.82) is 0 Å². The summed E-state index contributed by atoms with van der Waals surface area (Å²) in [5, 5.41) is 16.1. The van der Waals surface area contributed by atoms with Crippen molar-refractivity contribution in [3.63, 3.8) is 0 Å². The summed E-state index contributed by atoms with van der Waals surface area (Å²) in [6.45, 7) is 3.91. The molecule has 30 heavy (non-hydrogen) atoms. The Hall–Kier alpha value is -3.20. The molecule has 1 amide bonds. The molecule has 4 heterocycles. The van der Waals surface area contributed by atoms with Crippen LogP contribution in [0.25, 0.3) is 11.5 Å². The average Bonchev–Trinajstić information content (AvgIpc) is 3.33. The van der Waals surface area contributed by atoms with Gasteiger partial charge >= 0.3 is 0 Å². The average molecular weight is 422 g/mol. The number of aromatic nitrogens is 6. The van der Waals surface area contributed by atoms with Crippen LogP contribution in [0.5, 0.6) is 0 Å². The fraction of sp³-hybridized carbons (Fsp3) is 0.286. The molecule has 0 aromatic carbocycles. The summed E-state index contributed by atoms with van der Waals surface area (Å²) in [6, 6.07) is 11.0. The van der Waals surface area contributed by atoms with Crippen molar-refractivity contribution >= 4 is 23.3 Å². The van der Waals surface area contributed by atoms with Gasteiger partial charge < -0.3 is 5.32 Å². The molecule has 0 spiro atoms. The van der Waals surface area contributed by atoms with Gasteiger partial charge in [0, 0.05) is 18.1 Å². The predicted octanol–water partition coefficient (Wildman–Crippen LogP) is 3.15. The third-order valence-corrected chi connectivity index (χ3v) is 5.45. The van der Waals surface area contributed by atoms with Crippen LogP contribution in [0.3, 0.4) is 0 Å². The van der Waals surface area contributed by atoms with Crippen LogP contribution < -0.4 is 5.32 Å². The number of nitrogens with one attached hydrogen (secondary N) is 1. The lowest BCUT2D eigenvalue weighted by molar-refractivity contribution is 0.0933. The van der Waals surface area contributed by atoms with Crippen LogP contribution in [0.4, 0.5) is 0 Å². The number of amides is 1. The summed E-state index contributed by atoms with van der Waals surface area (Å²) >= 11 is 1.73. The topological polar surface area (TPSA) is 90.0 Å². The van der Waals surface area contributed by atoms with Crippen LogP contribution in [0.1, 0.15) is 40.0 Å². The van der Waals surface area contributed by atoms with E-state index in [2.05, 4.69) is 25.6 Å². The maximum absolute atomic E-state index is 12.9. The summed E-state index contributed by atoms with van der Waals surface area (Å²) in [5.74, 6) is 2.10. The Morgan fingerprint density at radius 2 is 2.07 bits per heavy atom. The fourth-order valence-electron chi connectivity index (χ4n) is 3.35. The zero-order valence-electron chi connectivity index (χ0n) is 17.1. The van der Waals surface area contributed by atoms with Gasteiger partial charge in [0.2, 0.25) is 0 Å². The number of thioether (sulfide) groups is 1. The molecule has 0 radical (unpaired) electrons. The lowest BCUT2D eigenvalue weighted by Gasteiger charge is -2.17. The first kappa shape index (κ1) is 20.1. The number of hydrogen-bond donors (Lipinski definition) is 1. The maximum atomic E-state index is 12.9. The minimum absolute atomic E-state index is 0.193. The van der Waals surface area contributed by atoms with Crippen LogP contribution in [0, 0.1) is 13.8 Å². The highest BCUT2D eigenvalue weighted by Crippen LogP contribution is 2.19. The Morgan fingerprint density at radius 1 is 1.20 bits per heavy atom. The molecule has 0 fully saturated rings. The number of rotatable bonds is 7. The molecule has 0 saturated carbocycles. The van der Waals surface area contributed by atoms with Gasteiger partial charge in [-0.15, -0.1) is 10.2 Å². The van der Waals surface area contributed by atoms with Crippen molar-refractivity contribution in [3.05, 3.63) is 71.6 Å². The van der Waals surface area contributed by atoms with Crippen LogP contribution in [-0.4, -0.2) is 47.3 Å². The standard InChI is InChI=1S/C21H23N7OS/c1-14-12-15(2)28(26-14)18-8-7-16(13-22-18)21(29)23-17(9-11-30-3)20-25-24-19-6-4-5-10-27(19)20/h4-8,10,12-13,17H,9,11H2,1-3H3,(H,23,29). The first-order valence-electron chi connectivity index (χ1n) is 9.66. The fourth-order valence-corrected chi connectivity index (χ4v) is 3.82. The molecular formula is C21H23N7OS. The van der Waals surface area contributed by atoms with Gasteiger partial charge in [0.1, 0.15) is 0 Å². The summed E-state index contributed by atoms with van der Waals surface area (Å²) < 4.78 is 3.68. The molecule has 9 heteroatoms. The number of carbonyl (C=O) groups excluding carboxylic acids is 1. The quantitative estimate of drug-likeness (QED) is 0.493. The third-order valence-electron chi connectivity index (χ3n) is 4.80. The molecule has 4 aromatic rings. The lowest BCUT2D eigenvalue weighted by atomic mass is 10.2. The summed E-state index contributed by atoms with van der Waals surface area (Å²) in [5.41, 5.74) is 3.16. The smallest absolute Gasteiger partial charge is 0.253 e. The zero-order valence-corrected chi connectivity index (χ0v) is 17.9. The van der Waals surface area contributed by atoms with Gasteiger partial charge in [-0.25, -0.2) is 9.67 Å². The normalized spacial score (nSPS) is 12.2. The van der Waals surface area contributed by atoms with E-state index in [9.17, 15) is 4.79 Å². The van der Waals surface area contributed by atoms with Gasteiger partial charge in [0.15, 0.2) is 17.3 Å². The summed E-state index contributed by atoms with van der Waals surface area (Å²) in [7, 11) is 0. The SMILES string of the molecule is CSCCC(NC(=O)c1ccc(-n2nc(C)cc2C)nc1)c1nnc2ccccn12. The van der Waals surface area contributed by atoms with Crippen molar-refractivity contribution in [3.8, 4) is 5.82 Å². The van der Waals surface area contributed by atoms with E-state index in [-0.39, 0.29) is 11.9 Å². The molecule has 0 aliphatic rings. The highest BCUT2D eigenvalue weighted by Gasteiger charge is 2.21. The second-order valence-corrected chi connectivity index (χ2v) is 8.02. The Balaban J connectivity index is 1.56.